The molecule has 6 nitrogen and oxygen atoms in total. The quantitative estimate of drug-likeness (QED) is 0.785. The Morgan fingerprint density at radius 2 is 2.24 bits per heavy atom. The average molecular weight is 237 g/mol. The number of carbonyl (C=O) groups is 1. The second kappa shape index (κ2) is 4.58. The number of pyridine rings is 1. The molecule has 0 fully saturated rings. The molecule has 0 saturated carbocycles. The van der Waals surface area contributed by atoms with Crippen molar-refractivity contribution in [1.29, 1.82) is 0 Å². The van der Waals surface area contributed by atoms with Crippen molar-refractivity contribution >= 4 is 17.6 Å². The van der Waals surface area contributed by atoms with Crippen molar-refractivity contribution in [2.75, 3.05) is 36.5 Å². The maximum absolute atomic E-state index is 11.1. The van der Waals surface area contributed by atoms with Crippen molar-refractivity contribution in [3.63, 3.8) is 0 Å². The molecule has 0 unspecified atom stereocenters. The summed E-state index contributed by atoms with van der Waals surface area (Å²) in [5.74, 6) is 0.456. The van der Waals surface area contributed by atoms with Gasteiger partial charge in [0.25, 0.3) is 0 Å². The van der Waals surface area contributed by atoms with E-state index in [0.29, 0.717) is 31.0 Å². The highest BCUT2D eigenvalue weighted by molar-refractivity contribution is 5.90. The van der Waals surface area contributed by atoms with Gasteiger partial charge in [-0.1, -0.05) is 0 Å². The van der Waals surface area contributed by atoms with E-state index < -0.39 is 6.09 Å². The second-order valence-corrected chi connectivity index (χ2v) is 3.97. The van der Waals surface area contributed by atoms with E-state index in [1.54, 1.807) is 0 Å². The van der Waals surface area contributed by atoms with Crippen molar-refractivity contribution in [2.24, 2.45) is 0 Å². The summed E-state index contributed by atoms with van der Waals surface area (Å²) in [6.07, 6.45) is -0.558. The van der Waals surface area contributed by atoms with Gasteiger partial charge in [-0.15, -0.1) is 0 Å². The lowest BCUT2D eigenvalue weighted by atomic mass is 10.2. The van der Waals surface area contributed by atoms with Gasteiger partial charge in [0.15, 0.2) is 5.82 Å². The van der Waals surface area contributed by atoms with Crippen LogP contribution in [0.15, 0.2) is 12.1 Å². The fraction of sp³-hybridized carbons (Fsp3) is 0.455. The molecule has 0 bridgehead atoms. The van der Waals surface area contributed by atoms with Gasteiger partial charge in [-0.2, -0.15) is 0 Å². The lowest BCUT2D eigenvalue weighted by Crippen LogP contribution is -2.42. The van der Waals surface area contributed by atoms with E-state index in [-0.39, 0.29) is 6.61 Å². The van der Waals surface area contributed by atoms with Crippen LogP contribution in [0, 0.1) is 0 Å². The second-order valence-electron chi connectivity index (χ2n) is 3.97. The lowest BCUT2D eigenvalue weighted by Gasteiger charge is -2.33. The molecule has 6 heteroatoms. The fourth-order valence-electron chi connectivity index (χ4n) is 1.89. The number of aliphatic hydroxyl groups is 1. The number of carboxylic acid groups (broad SMARTS) is 1. The van der Waals surface area contributed by atoms with Gasteiger partial charge in [-0.25, -0.2) is 9.78 Å². The van der Waals surface area contributed by atoms with Crippen LogP contribution in [0.4, 0.5) is 16.3 Å². The number of hydrogen-bond acceptors (Lipinski definition) is 4. The number of aromatic nitrogens is 1. The van der Waals surface area contributed by atoms with Gasteiger partial charge in [0.1, 0.15) is 0 Å². The van der Waals surface area contributed by atoms with Crippen LogP contribution in [-0.2, 0) is 6.42 Å². The maximum atomic E-state index is 11.1. The molecule has 1 aromatic heterocycles. The SMILES string of the molecule is CN1CCN(C(=O)O)c2nc(CCO)ccc21. The Morgan fingerprint density at radius 3 is 2.88 bits per heavy atom. The Hall–Kier alpha value is -1.82. The van der Waals surface area contributed by atoms with E-state index in [1.165, 1.54) is 4.90 Å². The zero-order valence-corrected chi connectivity index (χ0v) is 9.63. The lowest BCUT2D eigenvalue weighted by molar-refractivity contribution is 0.201. The van der Waals surface area contributed by atoms with Gasteiger partial charge in [-0.3, -0.25) is 4.90 Å². The molecule has 0 saturated heterocycles. The van der Waals surface area contributed by atoms with Gasteiger partial charge in [-0.05, 0) is 12.1 Å². The third kappa shape index (κ3) is 2.16. The summed E-state index contributed by atoms with van der Waals surface area (Å²) in [7, 11) is 1.91. The van der Waals surface area contributed by atoms with Crippen LogP contribution in [0.25, 0.3) is 0 Å². The third-order valence-corrected chi connectivity index (χ3v) is 2.84. The summed E-state index contributed by atoms with van der Waals surface area (Å²) >= 11 is 0. The maximum Gasteiger partial charge on any atom is 0.413 e. The van der Waals surface area contributed by atoms with Crippen LogP contribution in [-0.4, -0.2) is 48.0 Å². The van der Waals surface area contributed by atoms with Gasteiger partial charge in [0, 0.05) is 38.9 Å². The molecular weight excluding hydrogens is 222 g/mol. The minimum absolute atomic E-state index is 0.00863. The fourth-order valence-corrected chi connectivity index (χ4v) is 1.89. The average Bonchev–Trinajstić information content (AvgIpc) is 2.29. The normalized spacial score (nSPS) is 14.7. The van der Waals surface area contributed by atoms with Crippen LogP contribution >= 0.6 is 0 Å². The number of fused-ring (bicyclic) bond motifs is 1. The van der Waals surface area contributed by atoms with Crippen LogP contribution < -0.4 is 9.80 Å². The van der Waals surface area contributed by atoms with Crippen LogP contribution in [0.2, 0.25) is 0 Å². The number of rotatable bonds is 2. The summed E-state index contributed by atoms with van der Waals surface area (Å²) < 4.78 is 0. The first-order valence-electron chi connectivity index (χ1n) is 5.46. The van der Waals surface area contributed by atoms with Gasteiger partial charge in [0.05, 0.1) is 5.69 Å². The molecule has 92 valence electrons. The summed E-state index contributed by atoms with van der Waals surface area (Å²) in [4.78, 5) is 18.6. The Bertz CT molecular complexity index is 436. The summed E-state index contributed by atoms with van der Waals surface area (Å²) in [6.45, 7) is 1.07. The molecule has 1 aromatic rings. The van der Waals surface area contributed by atoms with Crippen LogP contribution in [0.1, 0.15) is 5.69 Å². The minimum atomic E-state index is -0.993. The highest BCUT2D eigenvalue weighted by Gasteiger charge is 2.26. The Morgan fingerprint density at radius 1 is 1.47 bits per heavy atom. The molecule has 1 aliphatic heterocycles. The molecular formula is C11H15N3O3. The monoisotopic (exact) mass is 237 g/mol. The summed E-state index contributed by atoms with van der Waals surface area (Å²) in [6, 6.07) is 3.67. The molecule has 0 spiro atoms. The van der Waals surface area contributed by atoms with Gasteiger partial charge < -0.3 is 15.1 Å². The van der Waals surface area contributed by atoms with E-state index in [1.807, 2.05) is 24.1 Å². The summed E-state index contributed by atoms with van der Waals surface area (Å²) in [5.41, 5.74) is 1.51. The van der Waals surface area contributed by atoms with Crippen molar-refractivity contribution in [3.05, 3.63) is 17.8 Å². The number of amides is 1. The molecule has 1 amide bonds. The van der Waals surface area contributed by atoms with Crippen molar-refractivity contribution in [3.8, 4) is 0 Å². The number of nitrogens with zero attached hydrogens (tertiary/aromatic N) is 3. The molecule has 0 atom stereocenters. The predicted molar refractivity (Wildman–Crippen MR) is 63.7 cm³/mol. The molecule has 17 heavy (non-hydrogen) atoms. The van der Waals surface area contributed by atoms with Crippen LogP contribution in [0.3, 0.4) is 0 Å². The molecule has 0 aromatic carbocycles. The van der Waals surface area contributed by atoms with Crippen molar-refractivity contribution in [2.45, 2.75) is 6.42 Å². The number of anilines is 2. The third-order valence-electron chi connectivity index (χ3n) is 2.84. The number of likely N-dealkylation sites (N-methyl/N-ethyl adjacent to an activating group) is 1. The standard InChI is InChI=1S/C11H15N3O3/c1-13-5-6-14(11(16)17)10-9(13)3-2-8(12-10)4-7-15/h2-3,15H,4-7H2,1H3,(H,16,17). The largest absolute Gasteiger partial charge is 0.465 e. The highest BCUT2D eigenvalue weighted by atomic mass is 16.4. The Labute approximate surface area is 99.1 Å². The Balaban J connectivity index is 2.42. The molecule has 0 aliphatic carbocycles. The topological polar surface area (TPSA) is 76.9 Å². The van der Waals surface area contributed by atoms with E-state index in [4.69, 9.17) is 10.2 Å². The number of aliphatic hydroxyl groups excluding tert-OH is 1. The molecule has 1 aliphatic rings. The van der Waals surface area contributed by atoms with Crippen molar-refractivity contribution in [1.82, 2.24) is 4.98 Å². The first-order chi connectivity index (χ1) is 8.13. The first-order valence-corrected chi connectivity index (χ1v) is 5.46. The minimum Gasteiger partial charge on any atom is -0.465 e. The van der Waals surface area contributed by atoms with E-state index >= 15 is 0 Å². The van der Waals surface area contributed by atoms with Gasteiger partial charge >= 0.3 is 6.09 Å². The zero-order chi connectivity index (χ0) is 12.4. The molecule has 2 N–H and O–H groups in total. The number of hydrogen-bond donors (Lipinski definition) is 2. The van der Waals surface area contributed by atoms with E-state index in [2.05, 4.69) is 4.98 Å². The van der Waals surface area contributed by atoms with Crippen molar-refractivity contribution < 1.29 is 15.0 Å². The first kappa shape index (κ1) is 11.7. The van der Waals surface area contributed by atoms with Gasteiger partial charge in [0.2, 0.25) is 0 Å². The smallest absolute Gasteiger partial charge is 0.413 e. The predicted octanol–water partition coefficient (Wildman–Crippen LogP) is 0.551. The molecule has 2 rings (SSSR count). The zero-order valence-electron chi connectivity index (χ0n) is 9.63. The molecule has 2 heterocycles. The Kier molecular flexibility index (Phi) is 3.14. The van der Waals surface area contributed by atoms with E-state index in [0.717, 1.165) is 5.69 Å². The highest BCUT2D eigenvalue weighted by Crippen LogP contribution is 2.30. The van der Waals surface area contributed by atoms with E-state index in [9.17, 15) is 4.79 Å². The molecule has 0 radical (unpaired) electrons. The summed E-state index contributed by atoms with van der Waals surface area (Å²) in [5, 5.41) is 18.0. The van der Waals surface area contributed by atoms with Crippen LogP contribution in [0.5, 0.6) is 0 Å².